The highest BCUT2D eigenvalue weighted by molar-refractivity contribution is 6.30. The number of nitrogens with one attached hydrogen (secondary N) is 1. The Labute approximate surface area is 204 Å². The topological polar surface area (TPSA) is 80.8 Å². The zero-order valence-electron chi connectivity index (χ0n) is 19.7. The van der Waals surface area contributed by atoms with Crippen molar-refractivity contribution in [1.82, 2.24) is 9.88 Å². The third-order valence-electron chi connectivity index (χ3n) is 5.05. The van der Waals surface area contributed by atoms with Gasteiger partial charge in [0.1, 0.15) is 17.2 Å². The van der Waals surface area contributed by atoms with Crippen molar-refractivity contribution >= 4 is 29.1 Å². The first-order valence-electron chi connectivity index (χ1n) is 10.8. The summed E-state index contributed by atoms with van der Waals surface area (Å²) < 4.78 is 10.7. The molecule has 178 valence electrons. The van der Waals surface area contributed by atoms with E-state index in [0.717, 1.165) is 0 Å². The normalized spacial score (nSPS) is 10.6. The Bertz CT molecular complexity index is 1130. The number of hydrogen-bond acceptors (Lipinski definition) is 5. The fourth-order valence-corrected chi connectivity index (χ4v) is 3.67. The standard InChI is InChI=1S/C26H28ClN3O4/c1-17(2)15-30(26(32)18-12-21(33-3)14-22(13-18)34-4)16-19-11-20(27)8-9-23(19)29-25(31)24-7-5-6-10-28-24/h5-14,17H,15-16H2,1-4H3,(H,29,31). The summed E-state index contributed by atoms with van der Waals surface area (Å²) in [6, 6.07) is 15.4. The Morgan fingerprint density at radius 1 is 1.03 bits per heavy atom. The van der Waals surface area contributed by atoms with E-state index in [9.17, 15) is 9.59 Å². The Morgan fingerprint density at radius 2 is 1.74 bits per heavy atom. The van der Waals surface area contributed by atoms with Crippen LogP contribution in [0.3, 0.4) is 0 Å². The van der Waals surface area contributed by atoms with Gasteiger partial charge >= 0.3 is 0 Å². The number of methoxy groups -OCH3 is 2. The monoisotopic (exact) mass is 481 g/mol. The minimum absolute atomic E-state index is 0.187. The number of pyridine rings is 1. The minimum atomic E-state index is -0.344. The maximum Gasteiger partial charge on any atom is 0.274 e. The van der Waals surface area contributed by atoms with Crippen LogP contribution in [-0.4, -0.2) is 42.5 Å². The van der Waals surface area contributed by atoms with Crippen molar-refractivity contribution in [3.8, 4) is 11.5 Å². The SMILES string of the molecule is COc1cc(OC)cc(C(=O)N(Cc2cc(Cl)ccc2NC(=O)c2ccccn2)CC(C)C)c1. The summed E-state index contributed by atoms with van der Waals surface area (Å²) in [5.41, 5.74) is 2.01. The second-order valence-electron chi connectivity index (χ2n) is 8.15. The van der Waals surface area contributed by atoms with Gasteiger partial charge in [0.25, 0.3) is 11.8 Å². The van der Waals surface area contributed by atoms with E-state index in [1.165, 1.54) is 14.2 Å². The van der Waals surface area contributed by atoms with Crippen LogP contribution >= 0.6 is 11.6 Å². The van der Waals surface area contributed by atoms with Crippen molar-refractivity contribution in [2.75, 3.05) is 26.1 Å². The molecule has 0 saturated carbocycles. The number of aromatic nitrogens is 1. The molecule has 0 unspecified atom stereocenters. The Morgan fingerprint density at radius 3 is 2.32 bits per heavy atom. The molecular formula is C26H28ClN3O4. The van der Waals surface area contributed by atoms with Gasteiger partial charge < -0.3 is 19.7 Å². The summed E-state index contributed by atoms with van der Waals surface area (Å²) in [6.45, 7) is 4.82. The number of hydrogen-bond donors (Lipinski definition) is 1. The molecule has 0 aliphatic heterocycles. The zero-order chi connectivity index (χ0) is 24.7. The van der Waals surface area contributed by atoms with Crippen LogP contribution in [0.1, 0.15) is 40.3 Å². The molecule has 0 radical (unpaired) electrons. The van der Waals surface area contributed by atoms with Gasteiger partial charge in [-0.15, -0.1) is 0 Å². The van der Waals surface area contributed by atoms with Crippen molar-refractivity contribution in [3.05, 3.63) is 82.6 Å². The highest BCUT2D eigenvalue weighted by Crippen LogP contribution is 2.27. The molecule has 3 rings (SSSR count). The number of halogens is 1. The molecule has 1 aromatic heterocycles. The van der Waals surface area contributed by atoms with Gasteiger partial charge in [0.2, 0.25) is 0 Å². The van der Waals surface area contributed by atoms with E-state index in [-0.39, 0.29) is 24.3 Å². The molecule has 7 nitrogen and oxygen atoms in total. The van der Waals surface area contributed by atoms with Gasteiger partial charge in [-0.05, 0) is 53.9 Å². The lowest BCUT2D eigenvalue weighted by molar-refractivity contribution is 0.0722. The molecular weight excluding hydrogens is 454 g/mol. The maximum atomic E-state index is 13.5. The number of carbonyl (C=O) groups excluding carboxylic acids is 2. The molecule has 1 N–H and O–H groups in total. The van der Waals surface area contributed by atoms with Gasteiger partial charge in [0.05, 0.1) is 14.2 Å². The predicted molar refractivity (Wildman–Crippen MR) is 133 cm³/mol. The Balaban J connectivity index is 1.93. The van der Waals surface area contributed by atoms with E-state index in [0.29, 0.717) is 45.6 Å². The van der Waals surface area contributed by atoms with Crippen LogP contribution in [0.15, 0.2) is 60.8 Å². The molecule has 34 heavy (non-hydrogen) atoms. The fourth-order valence-electron chi connectivity index (χ4n) is 3.48. The van der Waals surface area contributed by atoms with E-state index in [1.807, 2.05) is 13.8 Å². The van der Waals surface area contributed by atoms with Crippen LogP contribution in [0.2, 0.25) is 5.02 Å². The van der Waals surface area contributed by atoms with E-state index >= 15 is 0 Å². The highest BCUT2D eigenvalue weighted by atomic mass is 35.5. The first kappa shape index (κ1) is 25.1. The molecule has 0 aliphatic carbocycles. The largest absolute Gasteiger partial charge is 0.497 e. The molecule has 0 fully saturated rings. The van der Waals surface area contributed by atoms with Gasteiger partial charge in [-0.25, -0.2) is 0 Å². The number of amides is 2. The number of carbonyl (C=O) groups is 2. The molecule has 0 saturated heterocycles. The van der Waals surface area contributed by atoms with E-state index < -0.39 is 0 Å². The highest BCUT2D eigenvalue weighted by Gasteiger charge is 2.21. The van der Waals surface area contributed by atoms with E-state index in [1.54, 1.807) is 65.7 Å². The molecule has 3 aromatic rings. The lowest BCUT2D eigenvalue weighted by atomic mass is 10.1. The van der Waals surface area contributed by atoms with Crippen LogP contribution in [0, 0.1) is 5.92 Å². The van der Waals surface area contributed by atoms with Gasteiger partial charge in [-0.1, -0.05) is 31.5 Å². The summed E-state index contributed by atoms with van der Waals surface area (Å²) in [4.78, 5) is 32.1. The number of benzene rings is 2. The average molecular weight is 482 g/mol. The summed E-state index contributed by atoms with van der Waals surface area (Å²) >= 11 is 6.27. The van der Waals surface area contributed by atoms with Crippen LogP contribution in [0.5, 0.6) is 11.5 Å². The second kappa shape index (κ2) is 11.5. The summed E-state index contributed by atoms with van der Waals surface area (Å²) in [5.74, 6) is 0.732. The van der Waals surface area contributed by atoms with Crippen LogP contribution in [0.4, 0.5) is 5.69 Å². The Hall–Kier alpha value is -3.58. The number of rotatable bonds is 9. The molecule has 0 atom stereocenters. The number of ether oxygens (including phenoxy) is 2. The molecule has 0 aliphatic rings. The molecule has 2 aromatic carbocycles. The third-order valence-corrected chi connectivity index (χ3v) is 5.28. The van der Waals surface area contributed by atoms with Crippen LogP contribution < -0.4 is 14.8 Å². The van der Waals surface area contributed by atoms with Crippen molar-refractivity contribution < 1.29 is 19.1 Å². The van der Waals surface area contributed by atoms with E-state index in [2.05, 4.69) is 10.3 Å². The smallest absolute Gasteiger partial charge is 0.274 e. The average Bonchev–Trinajstić information content (AvgIpc) is 2.84. The van der Waals surface area contributed by atoms with Crippen LogP contribution in [0.25, 0.3) is 0 Å². The van der Waals surface area contributed by atoms with Gasteiger partial charge in [0, 0.05) is 41.6 Å². The summed E-state index contributed by atoms with van der Waals surface area (Å²) in [6.07, 6.45) is 1.56. The summed E-state index contributed by atoms with van der Waals surface area (Å²) in [7, 11) is 3.08. The molecule has 8 heteroatoms. The van der Waals surface area contributed by atoms with Crippen molar-refractivity contribution in [2.45, 2.75) is 20.4 Å². The first-order chi connectivity index (χ1) is 16.3. The first-order valence-corrected chi connectivity index (χ1v) is 11.2. The molecule has 2 amide bonds. The fraction of sp³-hybridized carbons (Fsp3) is 0.269. The lowest BCUT2D eigenvalue weighted by Crippen LogP contribution is -2.34. The summed E-state index contributed by atoms with van der Waals surface area (Å²) in [5, 5.41) is 3.40. The van der Waals surface area contributed by atoms with Gasteiger partial charge in [-0.2, -0.15) is 0 Å². The predicted octanol–water partition coefficient (Wildman–Crippen LogP) is 5.30. The van der Waals surface area contributed by atoms with E-state index in [4.69, 9.17) is 21.1 Å². The number of anilines is 1. The van der Waals surface area contributed by atoms with Crippen LogP contribution in [-0.2, 0) is 6.54 Å². The molecule has 1 heterocycles. The Kier molecular flexibility index (Phi) is 8.49. The van der Waals surface area contributed by atoms with Crippen molar-refractivity contribution in [2.24, 2.45) is 5.92 Å². The third kappa shape index (κ3) is 6.48. The lowest BCUT2D eigenvalue weighted by Gasteiger charge is -2.26. The zero-order valence-corrected chi connectivity index (χ0v) is 20.4. The van der Waals surface area contributed by atoms with Crippen molar-refractivity contribution in [1.29, 1.82) is 0 Å². The van der Waals surface area contributed by atoms with Gasteiger partial charge in [0.15, 0.2) is 0 Å². The van der Waals surface area contributed by atoms with Gasteiger partial charge in [-0.3, -0.25) is 14.6 Å². The number of nitrogens with zero attached hydrogens (tertiary/aromatic N) is 2. The minimum Gasteiger partial charge on any atom is -0.497 e. The quantitative estimate of drug-likeness (QED) is 0.448. The van der Waals surface area contributed by atoms with Crippen molar-refractivity contribution in [3.63, 3.8) is 0 Å². The molecule has 0 spiro atoms. The molecule has 0 bridgehead atoms. The second-order valence-corrected chi connectivity index (χ2v) is 8.59. The maximum absolute atomic E-state index is 13.5.